The third kappa shape index (κ3) is 3.94. The Morgan fingerprint density at radius 1 is 1.08 bits per heavy atom. The van der Waals surface area contributed by atoms with Gasteiger partial charge in [0.15, 0.2) is 9.84 Å². The Labute approximate surface area is 152 Å². The molecular formula is C16H12BrN3O4S. The highest BCUT2D eigenvalue weighted by Crippen LogP contribution is 2.23. The predicted molar refractivity (Wildman–Crippen MR) is 94.9 cm³/mol. The number of rotatable bonds is 4. The van der Waals surface area contributed by atoms with Crippen LogP contribution in [0.5, 0.6) is 0 Å². The summed E-state index contributed by atoms with van der Waals surface area (Å²) in [5.41, 5.74) is 0.973. The van der Waals surface area contributed by atoms with Crippen molar-refractivity contribution in [1.82, 2.24) is 10.2 Å². The van der Waals surface area contributed by atoms with Gasteiger partial charge in [-0.2, -0.15) is 0 Å². The minimum Gasteiger partial charge on any atom is -0.403 e. The lowest BCUT2D eigenvalue weighted by Gasteiger charge is -2.02. The normalized spacial score (nSPS) is 11.3. The highest BCUT2D eigenvalue weighted by molar-refractivity contribution is 9.10. The third-order valence-corrected chi connectivity index (χ3v) is 5.11. The number of sulfone groups is 1. The summed E-state index contributed by atoms with van der Waals surface area (Å²) in [5.74, 6) is -0.224. The second-order valence-electron chi connectivity index (χ2n) is 5.14. The lowest BCUT2D eigenvalue weighted by molar-refractivity contribution is 0.102. The molecule has 2 aromatic carbocycles. The van der Waals surface area contributed by atoms with Gasteiger partial charge in [-0.25, -0.2) is 8.42 Å². The maximum absolute atomic E-state index is 12.2. The summed E-state index contributed by atoms with van der Waals surface area (Å²) in [6, 6.07) is 12.9. The van der Waals surface area contributed by atoms with Crippen molar-refractivity contribution in [3.8, 4) is 11.5 Å². The molecule has 128 valence electrons. The van der Waals surface area contributed by atoms with E-state index in [-0.39, 0.29) is 16.8 Å². The first-order chi connectivity index (χ1) is 11.8. The zero-order valence-corrected chi connectivity index (χ0v) is 15.3. The van der Waals surface area contributed by atoms with Gasteiger partial charge in [0.1, 0.15) is 0 Å². The summed E-state index contributed by atoms with van der Waals surface area (Å²) in [6.45, 7) is 0. The first kappa shape index (κ1) is 17.3. The van der Waals surface area contributed by atoms with Crippen molar-refractivity contribution < 1.29 is 17.6 Å². The van der Waals surface area contributed by atoms with Gasteiger partial charge in [0.05, 0.1) is 10.5 Å². The summed E-state index contributed by atoms with van der Waals surface area (Å²) in [7, 11) is -3.28. The summed E-state index contributed by atoms with van der Waals surface area (Å²) < 4.78 is 29.0. The molecular weight excluding hydrogens is 410 g/mol. The van der Waals surface area contributed by atoms with Crippen LogP contribution in [-0.2, 0) is 9.84 Å². The van der Waals surface area contributed by atoms with Crippen LogP contribution in [0.4, 0.5) is 6.01 Å². The van der Waals surface area contributed by atoms with E-state index in [1.165, 1.54) is 12.1 Å². The smallest absolute Gasteiger partial charge is 0.322 e. The van der Waals surface area contributed by atoms with E-state index in [0.717, 1.165) is 6.26 Å². The van der Waals surface area contributed by atoms with Gasteiger partial charge in [-0.1, -0.05) is 17.2 Å². The van der Waals surface area contributed by atoms with E-state index in [4.69, 9.17) is 4.42 Å². The molecule has 0 radical (unpaired) electrons. The Balaban J connectivity index is 1.79. The van der Waals surface area contributed by atoms with Crippen molar-refractivity contribution in [3.05, 3.63) is 58.6 Å². The van der Waals surface area contributed by atoms with Crippen LogP contribution >= 0.6 is 15.9 Å². The third-order valence-electron chi connectivity index (χ3n) is 3.29. The summed E-state index contributed by atoms with van der Waals surface area (Å²) in [4.78, 5) is 12.4. The van der Waals surface area contributed by atoms with Crippen LogP contribution in [0, 0.1) is 0 Å². The minimum atomic E-state index is -3.28. The molecule has 0 saturated carbocycles. The molecule has 25 heavy (non-hydrogen) atoms. The Bertz CT molecular complexity index is 1030. The maximum atomic E-state index is 12.2. The lowest BCUT2D eigenvalue weighted by atomic mass is 10.2. The number of hydrogen-bond acceptors (Lipinski definition) is 6. The zero-order valence-electron chi connectivity index (χ0n) is 12.9. The van der Waals surface area contributed by atoms with Gasteiger partial charge in [-0.05, 0) is 52.3 Å². The number of hydrogen-bond donors (Lipinski definition) is 1. The zero-order chi connectivity index (χ0) is 18.0. The van der Waals surface area contributed by atoms with Crippen LogP contribution in [0.15, 0.2) is 62.3 Å². The molecule has 0 spiro atoms. The molecule has 1 aromatic heterocycles. The number of carbonyl (C=O) groups excluding carboxylic acids is 1. The number of nitrogens with one attached hydrogen (secondary N) is 1. The summed E-state index contributed by atoms with van der Waals surface area (Å²) in [6.07, 6.45) is 1.13. The van der Waals surface area contributed by atoms with Gasteiger partial charge >= 0.3 is 6.01 Å². The van der Waals surface area contributed by atoms with E-state index in [9.17, 15) is 13.2 Å². The second kappa shape index (κ2) is 6.77. The first-order valence-electron chi connectivity index (χ1n) is 7.04. The van der Waals surface area contributed by atoms with Crippen LogP contribution < -0.4 is 5.32 Å². The van der Waals surface area contributed by atoms with Crippen molar-refractivity contribution in [2.24, 2.45) is 0 Å². The van der Waals surface area contributed by atoms with Crippen LogP contribution in [-0.4, -0.2) is 30.8 Å². The Morgan fingerprint density at radius 2 is 1.76 bits per heavy atom. The Kier molecular flexibility index (Phi) is 4.69. The Morgan fingerprint density at radius 3 is 2.40 bits per heavy atom. The molecule has 1 heterocycles. The maximum Gasteiger partial charge on any atom is 0.322 e. The number of anilines is 1. The van der Waals surface area contributed by atoms with Gasteiger partial charge in [0.25, 0.3) is 5.91 Å². The van der Waals surface area contributed by atoms with Crippen molar-refractivity contribution in [2.75, 3.05) is 11.6 Å². The molecule has 0 unspecified atom stereocenters. The van der Waals surface area contributed by atoms with Gasteiger partial charge < -0.3 is 4.42 Å². The standard InChI is InChI=1S/C16H12BrN3O4S/c1-25(22,23)11-8-6-10(7-9-11)15-19-20-16(24-15)18-14(21)12-4-2-3-5-13(12)17/h2-9H,1H3,(H,18,20,21). The molecule has 0 fully saturated rings. The molecule has 3 aromatic rings. The average Bonchev–Trinajstić information content (AvgIpc) is 3.03. The number of carbonyl (C=O) groups is 1. The number of halogens is 1. The van der Waals surface area contributed by atoms with Crippen LogP contribution in [0.1, 0.15) is 10.4 Å². The van der Waals surface area contributed by atoms with Gasteiger partial charge in [-0.3, -0.25) is 10.1 Å². The monoisotopic (exact) mass is 421 g/mol. The number of benzene rings is 2. The summed E-state index contributed by atoms with van der Waals surface area (Å²) in [5, 5.41) is 10.2. The molecule has 0 saturated heterocycles. The average molecular weight is 422 g/mol. The molecule has 0 aliphatic heterocycles. The second-order valence-corrected chi connectivity index (χ2v) is 8.01. The van der Waals surface area contributed by atoms with E-state index in [2.05, 4.69) is 31.4 Å². The van der Waals surface area contributed by atoms with Gasteiger partial charge in [-0.15, -0.1) is 5.10 Å². The van der Waals surface area contributed by atoms with Crippen molar-refractivity contribution in [2.45, 2.75) is 4.90 Å². The van der Waals surface area contributed by atoms with Crippen LogP contribution in [0.3, 0.4) is 0 Å². The fraction of sp³-hybridized carbons (Fsp3) is 0.0625. The predicted octanol–water partition coefficient (Wildman–Crippen LogP) is 3.15. The van der Waals surface area contributed by atoms with E-state index in [0.29, 0.717) is 15.6 Å². The van der Waals surface area contributed by atoms with Crippen molar-refractivity contribution in [3.63, 3.8) is 0 Å². The first-order valence-corrected chi connectivity index (χ1v) is 9.73. The van der Waals surface area contributed by atoms with E-state index < -0.39 is 15.7 Å². The fourth-order valence-corrected chi connectivity index (χ4v) is 3.14. The molecule has 1 amide bonds. The van der Waals surface area contributed by atoms with Gasteiger partial charge in [0.2, 0.25) is 5.89 Å². The number of aromatic nitrogens is 2. The topological polar surface area (TPSA) is 102 Å². The quantitative estimate of drug-likeness (QED) is 0.693. The number of nitrogens with zero attached hydrogens (tertiary/aromatic N) is 2. The molecule has 9 heteroatoms. The highest BCUT2D eigenvalue weighted by atomic mass is 79.9. The van der Waals surface area contributed by atoms with E-state index in [1.54, 1.807) is 36.4 Å². The SMILES string of the molecule is CS(=O)(=O)c1ccc(-c2nnc(NC(=O)c3ccccc3Br)o2)cc1. The Hall–Kier alpha value is -2.52. The highest BCUT2D eigenvalue weighted by Gasteiger charge is 2.15. The molecule has 0 atom stereocenters. The molecule has 0 aliphatic carbocycles. The minimum absolute atomic E-state index is 0.0528. The molecule has 0 bridgehead atoms. The fourth-order valence-electron chi connectivity index (χ4n) is 2.04. The van der Waals surface area contributed by atoms with Gasteiger partial charge in [0, 0.05) is 16.3 Å². The molecule has 7 nitrogen and oxygen atoms in total. The summed E-state index contributed by atoms with van der Waals surface area (Å²) >= 11 is 3.30. The molecule has 3 rings (SSSR count). The van der Waals surface area contributed by atoms with Crippen LogP contribution in [0.2, 0.25) is 0 Å². The van der Waals surface area contributed by atoms with Crippen molar-refractivity contribution in [1.29, 1.82) is 0 Å². The number of amides is 1. The van der Waals surface area contributed by atoms with E-state index in [1.807, 2.05) is 0 Å². The van der Waals surface area contributed by atoms with Crippen LogP contribution in [0.25, 0.3) is 11.5 Å². The lowest BCUT2D eigenvalue weighted by Crippen LogP contribution is -2.12. The molecule has 0 aliphatic rings. The van der Waals surface area contributed by atoms with Crippen molar-refractivity contribution >= 4 is 37.7 Å². The molecule has 1 N–H and O–H groups in total. The van der Waals surface area contributed by atoms with E-state index >= 15 is 0 Å². The largest absolute Gasteiger partial charge is 0.403 e.